The first kappa shape index (κ1) is 33.7. The minimum atomic E-state index is -4.39. The summed E-state index contributed by atoms with van der Waals surface area (Å²) in [7, 11) is 0. The number of hydrogen-bond acceptors (Lipinski definition) is 1. The molecule has 0 spiro atoms. The Balaban J connectivity index is 1.69. The van der Waals surface area contributed by atoms with Crippen molar-refractivity contribution < 1.29 is 31.1 Å². The van der Waals surface area contributed by atoms with Crippen molar-refractivity contribution in [1.29, 1.82) is 0 Å². The van der Waals surface area contributed by atoms with Gasteiger partial charge in [-0.2, -0.15) is 26.3 Å². The highest BCUT2D eigenvalue weighted by Gasteiger charge is 2.49. The van der Waals surface area contributed by atoms with Crippen LogP contribution in [0.2, 0.25) is 0 Å². The Labute approximate surface area is 281 Å². The van der Waals surface area contributed by atoms with Gasteiger partial charge in [-0.3, -0.25) is 0 Å². The van der Waals surface area contributed by atoms with Crippen molar-refractivity contribution in [3.05, 3.63) is 214 Å². The molecule has 0 bridgehead atoms. The zero-order valence-corrected chi connectivity index (χ0v) is 26.3. The van der Waals surface area contributed by atoms with Crippen LogP contribution in [0.5, 0.6) is 0 Å². The van der Waals surface area contributed by atoms with Crippen LogP contribution in [-0.4, -0.2) is 12.4 Å². The van der Waals surface area contributed by atoms with Gasteiger partial charge in [-0.25, -0.2) is 0 Å². The van der Waals surface area contributed by atoms with Crippen molar-refractivity contribution in [2.75, 3.05) is 0 Å². The van der Waals surface area contributed by atoms with Crippen molar-refractivity contribution in [2.45, 2.75) is 36.4 Å². The molecular weight excluding hydrogens is 634 g/mol. The molecule has 0 unspecified atom stereocenters. The second-order valence-electron chi connectivity index (χ2n) is 11.9. The van der Waals surface area contributed by atoms with Gasteiger partial charge in [-0.1, -0.05) is 170 Å². The van der Waals surface area contributed by atoms with E-state index in [0.29, 0.717) is 33.4 Å². The molecule has 0 N–H and O–H groups in total. The van der Waals surface area contributed by atoms with Crippen molar-refractivity contribution in [1.82, 2.24) is 0 Å². The van der Waals surface area contributed by atoms with Crippen LogP contribution in [0.1, 0.15) is 44.5 Å². The summed E-state index contributed by atoms with van der Waals surface area (Å²) in [6.45, 7) is 0. The van der Waals surface area contributed by atoms with Crippen LogP contribution in [0.3, 0.4) is 0 Å². The van der Waals surface area contributed by atoms with Gasteiger partial charge in [0.25, 0.3) is 0 Å². The number of ether oxygens (including phenoxy) is 1. The maximum atomic E-state index is 13.4. The molecule has 6 aromatic carbocycles. The monoisotopic (exact) mass is 666 g/mol. The van der Waals surface area contributed by atoms with Gasteiger partial charge in [0.05, 0.1) is 12.8 Å². The molecule has 0 aromatic heterocycles. The molecule has 0 radical (unpaired) electrons. The first-order valence-electron chi connectivity index (χ1n) is 15.7. The van der Waals surface area contributed by atoms with E-state index in [2.05, 4.69) is 0 Å². The van der Waals surface area contributed by atoms with E-state index >= 15 is 0 Å². The van der Waals surface area contributed by atoms with Crippen LogP contribution in [0.15, 0.2) is 170 Å². The quantitative estimate of drug-likeness (QED) is 0.104. The highest BCUT2D eigenvalue weighted by Crippen LogP contribution is 2.51. The molecule has 0 aliphatic heterocycles. The first-order valence-corrected chi connectivity index (χ1v) is 15.7. The van der Waals surface area contributed by atoms with Gasteiger partial charge in [0.15, 0.2) is 0 Å². The summed E-state index contributed by atoms with van der Waals surface area (Å²) in [5.41, 5.74) is 1.29. The molecule has 0 atom stereocenters. The number of benzene rings is 6. The highest BCUT2D eigenvalue weighted by molar-refractivity contribution is 5.53. The van der Waals surface area contributed by atoms with E-state index in [4.69, 9.17) is 4.74 Å². The molecule has 6 rings (SSSR count). The predicted molar refractivity (Wildman–Crippen MR) is 179 cm³/mol. The van der Waals surface area contributed by atoms with E-state index in [-0.39, 0.29) is 11.1 Å². The van der Waals surface area contributed by atoms with E-state index in [1.54, 1.807) is 24.3 Å². The van der Waals surface area contributed by atoms with E-state index in [1.807, 2.05) is 121 Å². The lowest BCUT2D eigenvalue weighted by Gasteiger charge is -2.46. The molecule has 49 heavy (non-hydrogen) atoms. The summed E-state index contributed by atoms with van der Waals surface area (Å²) in [6.07, 6.45) is -10.9. The van der Waals surface area contributed by atoms with E-state index < -0.39 is 36.4 Å². The molecule has 0 saturated heterocycles. The molecule has 1 nitrogen and oxygen atoms in total. The average molecular weight is 667 g/mol. The van der Waals surface area contributed by atoms with Crippen molar-refractivity contribution in [2.24, 2.45) is 0 Å². The molecule has 7 heteroatoms. The lowest BCUT2D eigenvalue weighted by Crippen LogP contribution is -2.44. The molecule has 0 fully saturated rings. The lowest BCUT2D eigenvalue weighted by molar-refractivity contribution is -0.128. The maximum Gasteiger partial charge on any atom is 0.393 e. The highest BCUT2D eigenvalue weighted by atomic mass is 19.4. The zero-order chi connectivity index (χ0) is 34.5. The Morgan fingerprint density at radius 1 is 0.306 bits per heavy atom. The first-order chi connectivity index (χ1) is 23.5. The summed E-state index contributed by atoms with van der Waals surface area (Å²) in [4.78, 5) is 0. The van der Waals surface area contributed by atoms with E-state index in [0.717, 1.165) is 0 Å². The Bertz CT molecular complexity index is 1700. The fourth-order valence-electron chi connectivity index (χ4n) is 6.45. The lowest BCUT2D eigenvalue weighted by atomic mass is 9.75. The molecule has 0 aliphatic rings. The van der Waals surface area contributed by atoms with Gasteiger partial charge in [-0.05, 0) is 44.5 Å². The molecule has 6 aromatic rings. The molecule has 0 heterocycles. The fourth-order valence-corrected chi connectivity index (χ4v) is 6.45. The van der Waals surface area contributed by atoms with E-state index in [1.165, 1.54) is 24.3 Å². The standard InChI is InChI=1S/C42H32F6O/c43-39(44,45)29-31-21-25-37(26-22-31)41(33-13-5-1-6-14-33,34-15-7-2-8-16-34)49-42(35-17-9-3-10-18-35,36-19-11-4-12-20-36)38-27-23-32(24-28-38)30-40(46,47)48/h1-28H,29-30H2. The Kier molecular flexibility index (Phi) is 9.48. The molecule has 0 aliphatic carbocycles. The third kappa shape index (κ3) is 7.32. The molecule has 0 saturated carbocycles. The summed E-state index contributed by atoms with van der Waals surface area (Å²) in [5.74, 6) is 0. The molecular formula is C42H32F6O. The summed E-state index contributed by atoms with van der Waals surface area (Å²) < 4.78 is 88.3. The van der Waals surface area contributed by atoms with Gasteiger partial charge in [0.2, 0.25) is 0 Å². The minimum absolute atomic E-state index is 0.101. The Morgan fingerprint density at radius 3 is 0.755 bits per heavy atom. The van der Waals surface area contributed by atoms with Crippen molar-refractivity contribution in [3.8, 4) is 0 Å². The number of halogens is 6. The SMILES string of the molecule is FC(F)(F)Cc1ccc(C(OC(c2ccccc2)(c2ccccc2)c2ccc(CC(F)(F)F)cc2)(c2ccccc2)c2ccccc2)cc1. The number of hydrogen-bond donors (Lipinski definition) is 0. The Morgan fingerprint density at radius 2 is 0.531 bits per heavy atom. The zero-order valence-electron chi connectivity index (χ0n) is 26.3. The maximum absolute atomic E-state index is 13.4. The van der Waals surface area contributed by atoms with Gasteiger partial charge in [0.1, 0.15) is 11.2 Å². The van der Waals surface area contributed by atoms with Crippen LogP contribution in [-0.2, 0) is 28.8 Å². The van der Waals surface area contributed by atoms with Gasteiger partial charge in [-0.15, -0.1) is 0 Å². The van der Waals surface area contributed by atoms with Crippen LogP contribution < -0.4 is 0 Å². The summed E-state index contributed by atoms with van der Waals surface area (Å²) in [6, 6.07) is 50.2. The van der Waals surface area contributed by atoms with Crippen LogP contribution in [0.25, 0.3) is 0 Å². The minimum Gasteiger partial charge on any atom is -0.340 e. The third-order valence-corrected chi connectivity index (χ3v) is 8.56. The summed E-state index contributed by atoms with van der Waals surface area (Å²) >= 11 is 0. The number of rotatable bonds is 10. The average Bonchev–Trinajstić information content (AvgIpc) is 3.10. The van der Waals surface area contributed by atoms with Crippen LogP contribution in [0, 0.1) is 0 Å². The van der Waals surface area contributed by atoms with Crippen LogP contribution >= 0.6 is 0 Å². The smallest absolute Gasteiger partial charge is 0.340 e. The fraction of sp³-hybridized carbons (Fsp3) is 0.143. The van der Waals surface area contributed by atoms with Gasteiger partial charge in [0, 0.05) is 0 Å². The normalized spacial score (nSPS) is 12.5. The van der Waals surface area contributed by atoms with E-state index in [9.17, 15) is 26.3 Å². The molecule has 248 valence electrons. The topological polar surface area (TPSA) is 9.23 Å². The van der Waals surface area contributed by atoms with Crippen LogP contribution in [0.4, 0.5) is 26.3 Å². The van der Waals surface area contributed by atoms with Gasteiger partial charge >= 0.3 is 12.4 Å². The molecule has 0 amide bonds. The summed E-state index contributed by atoms with van der Waals surface area (Å²) in [5, 5.41) is 0. The van der Waals surface area contributed by atoms with Crippen molar-refractivity contribution in [3.63, 3.8) is 0 Å². The Hall–Kier alpha value is -5.14. The number of alkyl halides is 6. The third-order valence-electron chi connectivity index (χ3n) is 8.56. The second-order valence-corrected chi connectivity index (χ2v) is 11.9. The van der Waals surface area contributed by atoms with Crippen molar-refractivity contribution >= 4 is 0 Å². The second kappa shape index (κ2) is 13.8. The largest absolute Gasteiger partial charge is 0.393 e. The van der Waals surface area contributed by atoms with Gasteiger partial charge < -0.3 is 4.74 Å². The predicted octanol–water partition coefficient (Wildman–Crippen LogP) is 11.2.